The quantitative estimate of drug-likeness (QED) is 0.465. The van der Waals surface area contributed by atoms with Gasteiger partial charge < -0.3 is 14.2 Å². The first-order valence-electron chi connectivity index (χ1n) is 8.40. The highest BCUT2D eigenvalue weighted by molar-refractivity contribution is 5.84. The number of hydrogen-bond acceptors (Lipinski definition) is 6. The minimum atomic E-state index is -0.852. The molecule has 1 amide bonds. The number of rotatable bonds is 4. The number of allylic oxidation sites excluding steroid dienone is 1. The fourth-order valence-corrected chi connectivity index (χ4v) is 3.66. The van der Waals surface area contributed by atoms with Crippen LogP contribution in [-0.4, -0.2) is 49.8 Å². The summed E-state index contributed by atoms with van der Waals surface area (Å²) in [4.78, 5) is 38.6. The van der Waals surface area contributed by atoms with Crippen LogP contribution in [0.5, 0.6) is 0 Å². The monoisotopic (exact) mass is 359 g/mol. The number of amides is 1. The number of carbonyl (C=O) groups is 3. The van der Waals surface area contributed by atoms with Crippen molar-refractivity contribution in [2.45, 2.75) is 18.5 Å². The Labute approximate surface area is 151 Å². The van der Waals surface area contributed by atoms with Gasteiger partial charge in [-0.05, 0) is 12.0 Å². The van der Waals surface area contributed by atoms with E-state index < -0.39 is 35.9 Å². The van der Waals surface area contributed by atoms with Crippen molar-refractivity contribution in [3.8, 4) is 0 Å². The predicted molar refractivity (Wildman–Crippen MR) is 90.9 cm³/mol. The summed E-state index contributed by atoms with van der Waals surface area (Å²) in [6.07, 6.45) is 3.39. The maximum atomic E-state index is 12.5. The minimum Gasteiger partial charge on any atom is -0.469 e. The first kappa shape index (κ1) is 18.0. The lowest BCUT2D eigenvalue weighted by Gasteiger charge is -2.38. The molecule has 0 saturated carbocycles. The number of nitrogens with zero attached hydrogens (tertiary/aromatic N) is 1. The number of ether oxygens (including phenoxy) is 3. The fourth-order valence-electron chi connectivity index (χ4n) is 3.66. The van der Waals surface area contributed by atoms with Crippen molar-refractivity contribution in [3.05, 3.63) is 48.0 Å². The molecule has 2 aliphatic rings. The lowest BCUT2D eigenvalue weighted by atomic mass is 9.78. The van der Waals surface area contributed by atoms with Crippen LogP contribution in [0.1, 0.15) is 18.0 Å². The molecule has 1 saturated heterocycles. The van der Waals surface area contributed by atoms with Crippen LogP contribution in [0.25, 0.3) is 0 Å². The maximum Gasteiger partial charge on any atom is 0.411 e. The molecule has 4 atom stereocenters. The Morgan fingerprint density at radius 1 is 1.12 bits per heavy atom. The van der Waals surface area contributed by atoms with E-state index in [1.54, 1.807) is 12.2 Å². The van der Waals surface area contributed by atoms with Gasteiger partial charge in [-0.3, -0.25) is 14.5 Å². The zero-order chi connectivity index (χ0) is 18.7. The number of benzene rings is 1. The molecule has 7 nitrogen and oxygen atoms in total. The highest BCUT2D eigenvalue weighted by Crippen LogP contribution is 2.38. The number of esters is 2. The van der Waals surface area contributed by atoms with Gasteiger partial charge in [0, 0.05) is 0 Å². The second-order valence-corrected chi connectivity index (χ2v) is 6.24. The summed E-state index contributed by atoms with van der Waals surface area (Å²) in [5, 5.41) is 0. The first-order valence-corrected chi connectivity index (χ1v) is 8.40. The van der Waals surface area contributed by atoms with Gasteiger partial charge in [0.2, 0.25) is 0 Å². The number of carbonyl (C=O) groups excluding carboxylic acids is 3. The van der Waals surface area contributed by atoms with E-state index in [4.69, 9.17) is 14.2 Å². The highest BCUT2D eigenvalue weighted by atomic mass is 16.6. The van der Waals surface area contributed by atoms with E-state index in [1.165, 1.54) is 19.1 Å². The molecule has 0 aromatic heterocycles. The fraction of sp³-hybridized carbons (Fsp3) is 0.421. The van der Waals surface area contributed by atoms with E-state index in [1.807, 2.05) is 30.3 Å². The third kappa shape index (κ3) is 3.16. The van der Waals surface area contributed by atoms with Gasteiger partial charge >= 0.3 is 18.0 Å². The zero-order valence-corrected chi connectivity index (χ0v) is 14.7. The number of methoxy groups -OCH3 is 2. The number of cyclic esters (lactones) is 1. The van der Waals surface area contributed by atoms with E-state index in [9.17, 15) is 14.4 Å². The van der Waals surface area contributed by atoms with Crippen molar-refractivity contribution >= 4 is 18.0 Å². The zero-order valence-electron chi connectivity index (χ0n) is 14.7. The molecule has 0 bridgehead atoms. The summed E-state index contributed by atoms with van der Waals surface area (Å²) < 4.78 is 15.0. The first-order chi connectivity index (χ1) is 12.6. The van der Waals surface area contributed by atoms with Crippen molar-refractivity contribution < 1.29 is 28.6 Å². The summed E-state index contributed by atoms with van der Waals surface area (Å²) in [5.41, 5.74) is 0.899. The Kier molecular flexibility index (Phi) is 5.25. The Morgan fingerprint density at radius 3 is 2.46 bits per heavy atom. The topological polar surface area (TPSA) is 82.1 Å². The summed E-state index contributed by atoms with van der Waals surface area (Å²) in [5.74, 6) is -2.62. The van der Waals surface area contributed by atoms with Gasteiger partial charge in [0.25, 0.3) is 0 Å². The Hall–Kier alpha value is -2.83. The third-order valence-electron chi connectivity index (χ3n) is 4.92. The van der Waals surface area contributed by atoms with Crippen LogP contribution in [0, 0.1) is 11.8 Å². The Morgan fingerprint density at radius 2 is 1.81 bits per heavy atom. The van der Waals surface area contributed by atoms with E-state index in [0.717, 1.165) is 5.56 Å². The summed E-state index contributed by atoms with van der Waals surface area (Å²) in [7, 11) is 2.55. The average Bonchev–Trinajstić information content (AvgIpc) is 3.08. The SMILES string of the molecule is COC(=O)[C@@H]1[C@@H](C(=O)OC)CC=C[C@@H]1N1C(=O)OC[C@H]1c1ccccc1. The molecule has 1 fully saturated rings. The molecule has 26 heavy (non-hydrogen) atoms. The molecular formula is C19H21NO6. The Balaban J connectivity index is 1.99. The van der Waals surface area contributed by atoms with Crippen molar-refractivity contribution in [3.63, 3.8) is 0 Å². The minimum absolute atomic E-state index is 0.184. The van der Waals surface area contributed by atoms with Crippen LogP contribution < -0.4 is 0 Å². The van der Waals surface area contributed by atoms with Gasteiger partial charge in [-0.25, -0.2) is 4.79 Å². The van der Waals surface area contributed by atoms with Crippen LogP contribution in [0.2, 0.25) is 0 Å². The lowest BCUT2D eigenvalue weighted by Crippen LogP contribution is -2.50. The van der Waals surface area contributed by atoms with E-state index in [-0.39, 0.29) is 12.6 Å². The van der Waals surface area contributed by atoms with Gasteiger partial charge in [0.15, 0.2) is 0 Å². The molecule has 7 heteroatoms. The maximum absolute atomic E-state index is 12.5. The summed E-state index contributed by atoms with van der Waals surface area (Å²) in [6, 6.07) is 8.44. The second-order valence-electron chi connectivity index (χ2n) is 6.24. The highest BCUT2D eigenvalue weighted by Gasteiger charge is 2.49. The molecule has 1 aliphatic heterocycles. The van der Waals surface area contributed by atoms with E-state index in [2.05, 4.69) is 0 Å². The molecule has 1 aromatic carbocycles. The van der Waals surface area contributed by atoms with E-state index in [0.29, 0.717) is 6.42 Å². The lowest BCUT2D eigenvalue weighted by molar-refractivity contribution is -0.159. The predicted octanol–water partition coefficient (Wildman–Crippen LogP) is 2.09. The third-order valence-corrected chi connectivity index (χ3v) is 4.92. The van der Waals surface area contributed by atoms with Crippen LogP contribution in [0.3, 0.4) is 0 Å². The van der Waals surface area contributed by atoms with Gasteiger partial charge in [0.05, 0.1) is 38.1 Å². The molecule has 0 radical (unpaired) electrons. The molecule has 1 aliphatic carbocycles. The van der Waals surface area contributed by atoms with E-state index >= 15 is 0 Å². The Bertz CT molecular complexity index is 716. The van der Waals surface area contributed by atoms with Crippen LogP contribution in [0.15, 0.2) is 42.5 Å². The van der Waals surface area contributed by atoms with Crippen LogP contribution in [-0.2, 0) is 23.8 Å². The second kappa shape index (κ2) is 7.59. The van der Waals surface area contributed by atoms with Crippen molar-refractivity contribution in [2.24, 2.45) is 11.8 Å². The average molecular weight is 359 g/mol. The smallest absolute Gasteiger partial charge is 0.411 e. The summed E-state index contributed by atoms with van der Waals surface area (Å²) in [6.45, 7) is 0.184. The molecule has 0 unspecified atom stereocenters. The largest absolute Gasteiger partial charge is 0.469 e. The van der Waals surface area contributed by atoms with Crippen molar-refractivity contribution in [1.82, 2.24) is 4.90 Å². The molecule has 1 aromatic rings. The molecule has 1 heterocycles. The molecule has 0 spiro atoms. The standard InChI is InChI=1S/C19H21NO6/c1-24-17(21)13-9-6-10-14(16(13)18(22)25-2)20-15(11-26-19(20)23)12-7-4-3-5-8-12/h3-8,10,13-16H,9,11H2,1-2H3/t13-,14-,15-,16+/m0/s1. The van der Waals surface area contributed by atoms with Gasteiger partial charge in [-0.15, -0.1) is 0 Å². The molecular weight excluding hydrogens is 338 g/mol. The van der Waals surface area contributed by atoms with Crippen LogP contribution in [0.4, 0.5) is 4.79 Å². The van der Waals surface area contributed by atoms with Crippen molar-refractivity contribution in [2.75, 3.05) is 20.8 Å². The van der Waals surface area contributed by atoms with Gasteiger partial charge in [0.1, 0.15) is 6.61 Å². The molecule has 138 valence electrons. The van der Waals surface area contributed by atoms with Crippen molar-refractivity contribution in [1.29, 1.82) is 0 Å². The molecule has 3 rings (SSSR count). The molecule has 0 N–H and O–H groups in total. The van der Waals surface area contributed by atoms with Crippen LogP contribution >= 0.6 is 0 Å². The van der Waals surface area contributed by atoms with Gasteiger partial charge in [-0.1, -0.05) is 42.5 Å². The normalized spacial score (nSPS) is 27.8. The summed E-state index contributed by atoms with van der Waals surface area (Å²) >= 11 is 0. The van der Waals surface area contributed by atoms with Gasteiger partial charge in [-0.2, -0.15) is 0 Å². The number of hydrogen-bond donors (Lipinski definition) is 0.